The van der Waals surface area contributed by atoms with E-state index in [0.717, 1.165) is 21.7 Å². The molecule has 4 rings (SSSR count). The van der Waals surface area contributed by atoms with E-state index in [4.69, 9.17) is 10.2 Å². The minimum atomic E-state index is -0.363. The van der Waals surface area contributed by atoms with Crippen molar-refractivity contribution < 1.29 is 4.42 Å². The van der Waals surface area contributed by atoms with Gasteiger partial charge in [0.25, 0.3) is 0 Å². The molecule has 114 valence electrons. The Bertz CT molecular complexity index is 1070. The quantitative estimate of drug-likeness (QED) is 0.341. The van der Waals surface area contributed by atoms with Crippen molar-refractivity contribution in [1.29, 1.82) is 0 Å². The Hall–Kier alpha value is -2.80. The number of hydrogen-bond acceptors (Lipinski definition) is 6. The van der Waals surface area contributed by atoms with Crippen LogP contribution < -0.4 is 11.4 Å². The molecule has 3 N–H and O–H groups in total. The molecule has 0 atom stereocenters. The number of H-pyrrole nitrogens is 1. The maximum atomic E-state index is 11.8. The third-order valence-corrected chi connectivity index (χ3v) is 4.45. The maximum Gasteiger partial charge on any atom is 0.336 e. The van der Waals surface area contributed by atoms with Crippen molar-refractivity contribution in [3.05, 3.63) is 58.4 Å². The van der Waals surface area contributed by atoms with Crippen molar-refractivity contribution >= 4 is 39.5 Å². The van der Waals surface area contributed by atoms with Gasteiger partial charge >= 0.3 is 5.63 Å². The van der Waals surface area contributed by atoms with Crippen molar-refractivity contribution in [3.63, 3.8) is 0 Å². The molecule has 23 heavy (non-hydrogen) atoms. The fraction of sp³-hybridized carbons (Fsp3) is 0.0625. The molecule has 0 radical (unpaired) electrons. The predicted octanol–water partition coefficient (Wildman–Crippen LogP) is 2.94. The first-order chi connectivity index (χ1) is 11.2. The molecule has 4 aromatic rings. The van der Waals surface area contributed by atoms with Gasteiger partial charge < -0.3 is 10.2 Å². The van der Waals surface area contributed by atoms with Crippen LogP contribution in [0.15, 0.2) is 56.8 Å². The Morgan fingerprint density at radius 2 is 2.09 bits per heavy atom. The monoisotopic (exact) mass is 324 g/mol. The molecule has 0 spiro atoms. The molecule has 0 saturated heterocycles. The molecule has 6 nitrogen and oxygen atoms in total. The molecular formula is C16H12N4O2S. The molecule has 2 aromatic carbocycles. The fourth-order valence-corrected chi connectivity index (χ4v) is 3.38. The minimum Gasteiger partial charge on any atom is -0.423 e. The third kappa shape index (κ3) is 2.55. The van der Waals surface area contributed by atoms with Crippen LogP contribution >= 0.6 is 11.8 Å². The number of aromatic nitrogens is 3. The largest absolute Gasteiger partial charge is 0.423 e. The first kappa shape index (κ1) is 13.8. The number of nitrogens with zero attached hydrogens (tertiary/aromatic N) is 2. The average molecular weight is 324 g/mol. The topological polar surface area (TPSA) is 97.8 Å². The molecule has 0 bridgehead atoms. The second-order valence-corrected chi connectivity index (χ2v) is 5.98. The van der Waals surface area contributed by atoms with E-state index in [1.807, 2.05) is 36.4 Å². The van der Waals surface area contributed by atoms with Crippen molar-refractivity contribution in [2.75, 3.05) is 5.73 Å². The zero-order valence-corrected chi connectivity index (χ0v) is 12.8. The highest BCUT2D eigenvalue weighted by molar-refractivity contribution is 7.98. The summed E-state index contributed by atoms with van der Waals surface area (Å²) in [5.74, 6) is 0.823. The van der Waals surface area contributed by atoms with Crippen LogP contribution in [0, 0.1) is 0 Å². The van der Waals surface area contributed by atoms with E-state index in [-0.39, 0.29) is 11.6 Å². The van der Waals surface area contributed by atoms with Gasteiger partial charge in [0.15, 0.2) is 0 Å². The van der Waals surface area contributed by atoms with E-state index in [9.17, 15) is 4.79 Å². The number of fused-ring (bicyclic) bond motifs is 3. The van der Waals surface area contributed by atoms with Gasteiger partial charge in [-0.25, -0.2) is 9.89 Å². The average Bonchev–Trinajstić information content (AvgIpc) is 2.97. The Morgan fingerprint density at radius 3 is 2.91 bits per heavy atom. The van der Waals surface area contributed by atoms with Crippen LogP contribution in [0.25, 0.3) is 21.7 Å². The second kappa shape index (κ2) is 5.44. The number of nitrogen functional groups attached to an aromatic ring is 1. The van der Waals surface area contributed by atoms with Crippen molar-refractivity contribution in [2.24, 2.45) is 0 Å². The van der Waals surface area contributed by atoms with Crippen LogP contribution in [0.2, 0.25) is 0 Å². The highest BCUT2D eigenvalue weighted by atomic mass is 32.2. The summed E-state index contributed by atoms with van der Waals surface area (Å²) in [4.78, 5) is 15.9. The summed E-state index contributed by atoms with van der Waals surface area (Å²) in [5.41, 5.74) is 6.64. The molecule has 0 aliphatic heterocycles. The third-order valence-electron chi connectivity index (χ3n) is 3.55. The lowest BCUT2D eigenvalue weighted by atomic mass is 10.0. The number of benzene rings is 2. The second-order valence-electron chi connectivity index (χ2n) is 5.04. The van der Waals surface area contributed by atoms with E-state index < -0.39 is 0 Å². The predicted molar refractivity (Wildman–Crippen MR) is 90.3 cm³/mol. The molecule has 0 fully saturated rings. The van der Waals surface area contributed by atoms with Gasteiger partial charge in [-0.1, -0.05) is 42.1 Å². The molecule has 2 heterocycles. The fourth-order valence-electron chi connectivity index (χ4n) is 2.60. The number of thioether (sulfide) groups is 1. The van der Waals surface area contributed by atoms with Gasteiger partial charge in [0.1, 0.15) is 5.58 Å². The van der Waals surface area contributed by atoms with Crippen LogP contribution in [0.4, 0.5) is 5.95 Å². The van der Waals surface area contributed by atoms with Gasteiger partial charge in [-0.05, 0) is 22.4 Å². The van der Waals surface area contributed by atoms with Crippen LogP contribution in [0.3, 0.4) is 0 Å². The standard InChI is InChI=1S/C16H12N4O2S/c17-15-18-16(20-19-15)23-8-10-7-13(21)22-12-6-5-9-3-1-2-4-11(9)14(10)12/h1-7H,8H2,(H3,17,18,19,20). The number of aromatic amines is 1. The van der Waals surface area contributed by atoms with Gasteiger partial charge in [0.05, 0.1) is 0 Å². The summed E-state index contributed by atoms with van der Waals surface area (Å²) in [6, 6.07) is 13.3. The van der Waals surface area contributed by atoms with Crippen molar-refractivity contribution in [2.45, 2.75) is 10.9 Å². The Kier molecular flexibility index (Phi) is 3.27. The normalized spacial score (nSPS) is 11.3. The van der Waals surface area contributed by atoms with E-state index in [1.165, 1.54) is 17.8 Å². The summed E-state index contributed by atoms with van der Waals surface area (Å²) in [6.45, 7) is 0. The van der Waals surface area contributed by atoms with Crippen LogP contribution in [-0.4, -0.2) is 15.2 Å². The van der Waals surface area contributed by atoms with E-state index in [0.29, 0.717) is 16.5 Å². The molecule has 0 aliphatic carbocycles. The van der Waals surface area contributed by atoms with Crippen molar-refractivity contribution in [1.82, 2.24) is 15.2 Å². The van der Waals surface area contributed by atoms with Gasteiger partial charge in [-0.15, -0.1) is 5.10 Å². The first-order valence-electron chi connectivity index (χ1n) is 6.96. The van der Waals surface area contributed by atoms with Gasteiger partial charge in [0, 0.05) is 17.2 Å². The summed E-state index contributed by atoms with van der Waals surface area (Å²) in [6.07, 6.45) is 0. The zero-order chi connectivity index (χ0) is 15.8. The summed E-state index contributed by atoms with van der Waals surface area (Å²) >= 11 is 1.41. The number of anilines is 1. The number of hydrogen-bond donors (Lipinski definition) is 2. The first-order valence-corrected chi connectivity index (χ1v) is 7.94. The highest BCUT2D eigenvalue weighted by Gasteiger charge is 2.11. The SMILES string of the molecule is Nc1nc(SCc2cc(=O)oc3ccc4ccccc4c23)n[nH]1. The lowest BCUT2D eigenvalue weighted by Gasteiger charge is -2.07. The van der Waals surface area contributed by atoms with Gasteiger partial charge in [-0.2, -0.15) is 4.98 Å². The molecule has 0 unspecified atom stereocenters. The number of rotatable bonds is 3. The summed E-state index contributed by atoms with van der Waals surface area (Å²) < 4.78 is 5.34. The lowest BCUT2D eigenvalue weighted by Crippen LogP contribution is -2.00. The summed E-state index contributed by atoms with van der Waals surface area (Å²) in [7, 11) is 0. The van der Waals surface area contributed by atoms with E-state index >= 15 is 0 Å². The van der Waals surface area contributed by atoms with E-state index in [2.05, 4.69) is 15.2 Å². The Balaban J connectivity index is 1.86. The van der Waals surface area contributed by atoms with E-state index in [1.54, 1.807) is 0 Å². The number of nitrogens with two attached hydrogens (primary N) is 1. The Labute approximate surface area is 134 Å². The molecule has 0 aliphatic rings. The molecule has 0 saturated carbocycles. The van der Waals surface area contributed by atoms with Crippen LogP contribution in [-0.2, 0) is 5.75 Å². The Morgan fingerprint density at radius 1 is 1.22 bits per heavy atom. The van der Waals surface area contributed by atoms with Crippen LogP contribution in [0.5, 0.6) is 0 Å². The zero-order valence-electron chi connectivity index (χ0n) is 11.9. The van der Waals surface area contributed by atoms with Crippen molar-refractivity contribution in [3.8, 4) is 0 Å². The molecule has 7 heteroatoms. The highest BCUT2D eigenvalue weighted by Crippen LogP contribution is 2.30. The number of nitrogens with one attached hydrogen (secondary N) is 1. The smallest absolute Gasteiger partial charge is 0.336 e. The lowest BCUT2D eigenvalue weighted by molar-refractivity contribution is 0.560. The molecule has 0 amide bonds. The summed E-state index contributed by atoms with van der Waals surface area (Å²) in [5, 5.41) is 10.2. The molecule has 2 aromatic heterocycles. The molecular weight excluding hydrogens is 312 g/mol. The van der Waals surface area contributed by atoms with Crippen LogP contribution in [0.1, 0.15) is 5.56 Å². The van der Waals surface area contributed by atoms with Gasteiger partial charge in [-0.3, -0.25) is 0 Å². The maximum absolute atomic E-state index is 11.8. The van der Waals surface area contributed by atoms with Gasteiger partial charge in [0.2, 0.25) is 11.1 Å². The minimum absolute atomic E-state index is 0.274.